The van der Waals surface area contributed by atoms with Gasteiger partial charge in [0.1, 0.15) is 0 Å². The van der Waals surface area contributed by atoms with Gasteiger partial charge in [-0.1, -0.05) is 44.2 Å². The number of para-hydroxylation sites is 1. The molecule has 1 atom stereocenters. The average Bonchev–Trinajstić information content (AvgIpc) is 3.10. The van der Waals surface area contributed by atoms with Crippen molar-refractivity contribution in [2.45, 2.75) is 32.9 Å². The van der Waals surface area contributed by atoms with Gasteiger partial charge < -0.3 is 21.3 Å². The Kier molecular flexibility index (Phi) is 6.31. The molecule has 0 spiro atoms. The molecule has 0 radical (unpaired) electrons. The smallest absolute Gasteiger partial charge is 0.243 e. The molecule has 148 valence electrons. The fourth-order valence-electron chi connectivity index (χ4n) is 3.28. The van der Waals surface area contributed by atoms with E-state index in [1.165, 1.54) is 16.8 Å². The van der Waals surface area contributed by atoms with Gasteiger partial charge in [0.25, 0.3) is 0 Å². The van der Waals surface area contributed by atoms with Crippen molar-refractivity contribution >= 4 is 23.2 Å². The third kappa shape index (κ3) is 4.89. The molecule has 0 saturated carbocycles. The van der Waals surface area contributed by atoms with Crippen molar-refractivity contribution in [1.29, 1.82) is 0 Å². The molecule has 1 heterocycles. The maximum atomic E-state index is 12.0. The van der Waals surface area contributed by atoms with Crippen molar-refractivity contribution in [2.75, 3.05) is 23.3 Å². The first kappa shape index (κ1) is 19.9. The van der Waals surface area contributed by atoms with Gasteiger partial charge in [0.05, 0.1) is 12.6 Å². The monoisotopic (exact) mass is 380 g/mol. The molecule has 2 aromatic rings. The number of nitrogens with two attached hydrogens (primary N) is 1. The topological polar surface area (TPSA) is 87.5 Å². The van der Waals surface area contributed by atoms with E-state index in [1.807, 2.05) is 38.1 Å². The highest BCUT2D eigenvalue weighted by atomic mass is 16.2. The molecule has 0 aromatic heterocycles. The molecule has 6 heteroatoms. The SMILES string of the molecule is CC(C)[C@H](N)C(=O)NCC(=O)Nc1ccc(CN2CCc3ccccc32)cc1. The molecule has 0 saturated heterocycles. The molecule has 1 aliphatic rings. The molecule has 1 aliphatic heterocycles. The van der Waals surface area contributed by atoms with Gasteiger partial charge in [-0.05, 0) is 41.7 Å². The Morgan fingerprint density at radius 2 is 1.82 bits per heavy atom. The second-order valence-corrected chi connectivity index (χ2v) is 7.53. The van der Waals surface area contributed by atoms with Crippen LogP contribution in [-0.2, 0) is 22.6 Å². The van der Waals surface area contributed by atoms with Crippen LogP contribution < -0.4 is 21.3 Å². The molecule has 28 heavy (non-hydrogen) atoms. The minimum atomic E-state index is -0.609. The minimum Gasteiger partial charge on any atom is -0.367 e. The van der Waals surface area contributed by atoms with Crippen LogP contribution >= 0.6 is 0 Å². The van der Waals surface area contributed by atoms with Crippen molar-refractivity contribution in [3.63, 3.8) is 0 Å². The Hall–Kier alpha value is -2.86. The van der Waals surface area contributed by atoms with Crippen molar-refractivity contribution in [3.05, 3.63) is 59.7 Å². The fourth-order valence-corrected chi connectivity index (χ4v) is 3.28. The number of nitrogens with zero attached hydrogens (tertiary/aromatic N) is 1. The van der Waals surface area contributed by atoms with Gasteiger partial charge in [-0.25, -0.2) is 0 Å². The third-order valence-corrected chi connectivity index (χ3v) is 5.04. The molecule has 0 bridgehead atoms. The lowest BCUT2D eigenvalue weighted by atomic mass is 10.1. The van der Waals surface area contributed by atoms with Crippen LogP contribution in [0.15, 0.2) is 48.5 Å². The number of rotatable bonds is 7. The molecule has 0 fully saturated rings. The van der Waals surface area contributed by atoms with Gasteiger partial charge in [-0.15, -0.1) is 0 Å². The first-order valence-corrected chi connectivity index (χ1v) is 9.69. The summed E-state index contributed by atoms with van der Waals surface area (Å²) in [5.41, 5.74) is 10.4. The lowest BCUT2D eigenvalue weighted by Crippen LogP contribution is -2.46. The zero-order valence-corrected chi connectivity index (χ0v) is 16.4. The summed E-state index contributed by atoms with van der Waals surface area (Å²) in [6, 6.07) is 15.7. The Bertz CT molecular complexity index is 833. The summed E-state index contributed by atoms with van der Waals surface area (Å²) < 4.78 is 0. The van der Waals surface area contributed by atoms with E-state index in [0.29, 0.717) is 5.69 Å². The summed E-state index contributed by atoms with van der Waals surface area (Å²) >= 11 is 0. The van der Waals surface area contributed by atoms with Crippen LogP contribution in [0.3, 0.4) is 0 Å². The van der Waals surface area contributed by atoms with E-state index < -0.39 is 6.04 Å². The number of benzene rings is 2. The summed E-state index contributed by atoms with van der Waals surface area (Å²) in [7, 11) is 0. The van der Waals surface area contributed by atoms with Crippen molar-refractivity contribution in [3.8, 4) is 0 Å². The summed E-state index contributed by atoms with van der Waals surface area (Å²) in [5.74, 6) is -0.560. The molecule has 0 unspecified atom stereocenters. The van der Waals surface area contributed by atoms with Crippen molar-refractivity contribution in [1.82, 2.24) is 5.32 Å². The number of nitrogens with one attached hydrogen (secondary N) is 2. The van der Waals surface area contributed by atoms with E-state index in [-0.39, 0.29) is 24.3 Å². The maximum Gasteiger partial charge on any atom is 0.243 e. The van der Waals surface area contributed by atoms with Gasteiger partial charge in [-0.2, -0.15) is 0 Å². The van der Waals surface area contributed by atoms with Crippen LogP contribution in [0, 0.1) is 5.92 Å². The number of fused-ring (bicyclic) bond motifs is 1. The second kappa shape index (κ2) is 8.89. The van der Waals surface area contributed by atoms with Crippen molar-refractivity contribution < 1.29 is 9.59 Å². The molecule has 4 N–H and O–H groups in total. The molecule has 2 aromatic carbocycles. The van der Waals surface area contributed by atoms with E-state index in [9.17, 15) is 9.59 Å². The normalized spacial score (nSPS) is 13.9. The van der Waals surface area contributed by atoms with Crippen LogP contribution in [0.1, 0.15) is 25.0 Å². The summed E-state index contributed by atoms with van der Waals surface area (Å²) in [5, 5.41) is 5.36. The number of amides is 2. The van der Waals surface area contributed by atoms with Gasteiger partial charge in [-0.3, -0.25) is 9.59 Å². The minimum absolute atomic E-state index is 0.0261. The molecule has 0 aliphatic carbocycles. The molecular formula is C22H28N4O2. The fraction of sp³-hybridized carbons (Fsp3) is 0.364. The zero-order valence-electron chi connectivity index (χ0n) is 16.4. The first-order valence-electron chi connectivity index (χ1n) is 9.69. The molecule has 6 nitrogen and oxygen atoms in total. The number of anilines is 2. The summed E-state index contributed by atoms with van der Waals surface area (Å²) in [6.45, 7) is 5.51. The highest BCUT2D eigenvalue weighted by Crippen LogP contribution is 2.28. The highest BCUT2D eigenvalue weighted by molar-refractivity contribution is 5.95. The zero-order chi connectivity index (χ0) is 20.1. The molecule has 3 rings (SSSR count). The van der Waals surface area contributed by atoms with Gasteiger partial charge in [0.15, 0.2) is 0 Å². The standard InChI is InChI=1S/C22H28N4O2/c1-15(2)21(23)22(28)24-13-20(27)25-18-9-7-16(8-10-18)14-26-12-11-17-5-3-4-6-19(17)26/h3-10,15,21H,11-14,23H2,1-2H3,(H,24,28)(H,25,27)/t21-/m0/s1. The van der Waals surface area contributed by atoms with Gasteiger partial charge in [0.2, 0.25) is 11.8 Å². The van der Waals surface area contributed by atoms with Crippen LogP contribution in [0.4, 0.5) is 11.4 Å². The van der Waals surface area contributed by atoms with Gasteiger partial charge in [0, 0.05) is 24.5 Å². The Labute approximate surface area is 166 Å². The number of carbonyl (C=O) groups is 2. The summed E-state index contributed by atoms with van der Waals surface area (Å²) in [4.78, 5) is 26.2. The van der Waals surface area contributed by atoms with Crippen LogP contribution in [0.25, 0.3) is 0 Å². The second-order valence-electron chi connectivity index (χ2n) is 7.53. The largest absolute Gasteiger partial charge is 0.367 e. The summed E-state index contributed by atoms with van der Waals surface area (Å²) in [6.07, 6.45) is 1.08. The van der Waals surface area contributed by atoms with Crippen molar-refractivity contribution in [2.24, 2.45) is 11.7 Å². The highest BCUT2D eigenvalue weighted by Gasteiger charge is 2.19. The van der Waals surface area contributed by atoms with E-state index in [1.54, 1.807) is 0 Å². The number of hydrogen-bond donors (Lipinski definition) is 3. The lowest BCUT2D eigenvalue weighted by molar-refractivity contribution is -0.125. The Morgan fingerprint density at radius 3 is 2.54 bits per heavy atom. The molecular weight excluding hydrogens is 352 g/mol. The predicted octanol–water partition coefficient (Wildman–Crippen LogP) is 2.29. The predicted molar refractivity (Wildman–Crippen MR) is 112 cm³/mol. The van der Waals surface area contributed by atoms with Gasteiger partial charge >= 0.3 is 0 Å². The van der Waals surface area contributed by atoms with E-state index in [2.05, 4.69) is 39.8 Å². The maximum absolute atomic E-state index is 12.0. The first-order chi connectivity index (χ1) is 13.4. The van der Waals surface area contributed by atoms with Crippen LogP contribution in [-0.4, -0.2) is 30.9 Å². The molecule has 2 amide bonds. The van der Waals surface area contributed by atoms with E-state index in [0.717, 1.165) is 19.5 Å². The average molecular weight is 380 g/mol. The van der Waals surface area contributed by atoms with E-state index >= 15 is 0 Å². The quantitative estimate of drug-likeness (QED) is 0.688. The Morgan fingerprint density at radius 1 is 1.11 bits per heavy atom. The number of hydrogen-bond acceptors (Lipinski definition) is 4. The van der Waals surface area contributed by atoms with E-state index in [4.69, 9.17) is 5.73 Å². The third-order valence-electron chi connectivity index (χ3n) is 5.04. The Balaban J connectivity index is 1.49. The number of carbonyl (C=O) groups excluding carboxylic acids is 2. The van der Waals surface area contributed by atoms with Crippen LogP contribution in [0.5, 0.6) is 0 Å². The lowest BCUT2D eigenvalue weighted by Gasteiger charge is -2.19. The van der Waals surface area contributed by atoms with Crippen LogP contribution in [0.2, 0.25) is 0 Å².